The smallest absolute Gasteiger partial charge is 0.0703 e. The highest BCUT2D eigenvalue weighted by Gasteiger charge is 2.27. The van der Waals surface area contributed by atoms with Crippen molar-refractivity contribution in [2.24, 2.45) is 0 Å². The molecule has 1 aromatic rings. The standard InChI is InChI=1S/C10H15N3S/c1-7-9-2-3-11-4-10(9)13(12-7)8-5-14-6-8/h8,11H,2-6H2,1H3. The van der Waals surface area contributed by atoms with Crippen LogP contribution in [0.25, 0.3) is 0 Å². The SMILES string of the molecule is Cc1nn(C2CSC2)c2c1CCNC2. The van der Waals surface area contributed by atoms with Crippen molar-refractivity contribution in [2.45, 2.75) is 25.9 Å². The fourth-order valence-electron chi connectivity index (χ4n) is 2.23. The molecule has 0 saturated carbocycles. The minimum Gasteiger partial charge on any atom is -0.311 e. The van der Waals surface area contributed by atoms with E-state index in [1.54, 1.807) is 0 Å². The lowest BCUT2D eigenvalue weighted by molar-refractivity contribution is 0.481. The Hall–Kier alpha value is -0.480. The number of hydrogen-bond acceptors (Lipinski definition) is 3. The van der Waals surface area contributed by atoms with Crippen LogP contribution in [-0.4, -0.2) is 27.8 Å². The summed E-state index contributed by atoms with van der Waals surface area (Å²) in [5.41, 5.74) is 4.19. The molecule has 0 unspecified atom stereocenters. The first-order valence-corrected chi connectivity index (χ1v) is 6.37. The topological polar surface area (TPSA) is 29.9 Å². The summed E-state index contributed by atoms with van der Waals surface area (Å²) in [5, 5.41) is 8.11. The van der Waals surface area contributed by atoms with E-state index in [1.807, 2.05) is 11.8 Å². The third kappa shape index (κ3) is 1.21. The molecule has 1 saturated heterocycles. The van der Waals surface area contributed by atoms with Crippen molar-refractivity contribution in [2.75, 3.05) is 18.1 Å². The maximum absolute atomic E-state index is 4.68. The van der Waals surface area contributed by atoms with Gasteiger partial charge in [-0.05, 0) is 25.5 Å². The fourth-order valence-corrected chi connectivity index (χ4v) is 2.96. The van der Waals surface area contributed by atoms with Crippen LogP contribution in [0.5, 0.6) is 0 Å². The van der Waals surface area contributed by atoms with Crippen molar-refractivity contribution >= 4 is 11.8 Å². The molecule has 2 aliphatic rings. The van der Waals surface area contributed by atoms with Gasteiger partial charge in [0.25, 0.3) is 0 Å². The Morgan fingerprint density at radius 2 is 2.36 bits per heavy atom. The van der Waals surface area contributed by atoms with Crippen molar-refractivity contribution < 1.29 is 0 Å². The van der Waals surface area contributed by atoms with Gasteiger partial charge in [-0.15, -0.1) is 0 Å². The average Bonchev–Trinajstić information content (AvgIpc) is 2.43. The zero-order valence-electron chi connectivity index (χ0n) is 8.42. The highest BCUT2D eigenvalue weighted by Crippen LogP contribution is 2.32. The normalized spacial score (nSPS) is 21.8. The Bertz CT molecular complexity index is 354. The molecule has 0 amide bonds. The molecule has 1 N–H and O–H groups in total. The van der Waals surface area contributed by atoms with Crippen molar-refractivity contribution in [3.8, 4) is 0 Å². The van der Waals surface area contributed by atoms with E-state index >= 15 is 0 Å². The lowest BCUT2D eigenvalue weighted by atomic mass is 10.1. The van der Waals surface area contributed by atoms with E-state index in [-0.39, 0.29) is 0 Å². The molecule has 0 aliphatic carbocycles. The maximum atomic E-state index is 4.68. The number of thioether (sulfide) groups is 1. The number of aromatic nitrogens is 2. The Labute approximate surface area is 88.3 Å². The Balaban J connectivity index is 2.02. The molecule has 0 atom stereocenters. The Kier molecular flexibility index (Phi) is 2.06. The first kappa shape index (κ1) is 8.80. The summed E-state index contributed by atoms with van der Waals surface area (Å²) < 4.78 is 2.27. The number of hydrogen-bond donors (Lipinski definition) is 1. The highest BCUT2D eigenvalue weighted by atomic mass is 32.2. The molecule has 4 heteroatoms. The van der Waals surface area contributed by atoms with Crippen LogP contribution in [-0.2, 0) is 13.0 Å². The monoisotopic (exact) mass is 209 g/mol. The van der Waals surface area contributed by atoms with Gasteiger partial charge in [0.1, 0.15) is 0 Å². The average molecular weight is 209 g/mol. The van der Waals surface area contributed by atoms with Crippen LogP contribution in [0.3, 0.4) is 0 Å². The lowest BCUT2D eigenvalue weighted by Crippen LogP contribution is -2.30. The van der Waals surface area contributed by atoms with Gasteiger partial charge >= 0.3 is 0 Å². The van der Waals surface area contributed by atoms with Gasteiger partial charge in [-0.2, -0.15) is 16.9 Å². The van der Waals surface area contributed by atoms with Gasteiger partial charge in [0.2, 0.25) is 0 Å². The molecule has 0 radical (unpaired) electrons. The summed E-state index contributed by atoms with van der Waals surface area (Å²) in [6, 6.07) is 0.669. The van der Waals surface area contributed by atoms with Crippen molar-refractivity contribution in [3.05, 3.63) is 17.0 Å². The molecule has 0 spiro atoms. The van der Waals surface area contributed by atoms with Crippen molar-refractivity contribution in [1.82, 2.24) is 15.1 Å². The molecule has 0 aromatic carbocycles. The highest BCUT2D eigenvalue weighted by molar-refractivity contribution is 8.00. The second-order valence-electron chi connectivity index (χ2n) is 4.07. The lowest BCUT2D eigenvalue weighted by Gasteiger charge is -2.28. The minimum atomic E-state index is 0.669. The van der Waals surface area contributed by atoms with Gasteiger partial charge in [0.05, 0.1) is 17.4 Å². The fraction of sp³-hybridized carbons (Fsp3) is 0.700. The summed E-state index contributed by atoms with van der Waals surface area (Å²) in [7, 11) is 0. The molecule has 14 heavy (non-hydrogen) atoms. The molecular formula is C10H15N3S. The molecule has 0 bridgehead atoms. The van der Waals surface area contributed by atoms with Crippen LogP contribution >= 0.6 is 11.8 Å². The largest absolute Gasteiger partial charge is 0.311 e. The molecule has 3 nitrogen and oxygen atoms in total. The van der Waals surface area contributed by atoms with E-state index in [4.69, 9.17) is 0 Å². The van der Waals surface area contributed by atoms with Crippen LogP contribution in [0.1, 0.15) is 23.0 Å². The number of nitrogens with zero attached hydrogens (tertiary/aromatic N) is 2. The van der Waals surface area contributed by atoms with Gasteiger partial charge < -0.3 is 5.32 Å². The zero-order valence-corrected chi connectivity index (χ0v) is 9.23. The van der Waals surface area contributed by atoms with Gasteiger partial charge in [-0.3, -0.25) is 4.68 Å². The summed E-state index contributed by atoms with van der Waals surface area (Å²) in [4.78, 5) is 0. The summed E-state index contributed by atoms with van der Waals surface area (Å²) in [5.74, 6) is 2.49. The van der Waals surface area contributed by atoms with Crippen molar-refractivity contribution in [3.63, 3.8) is 0 Å². The molecule has 76 valence electrons. The molecular weight excluding hydrogens is 194 g/mol. The number of rotatable bonds is 1. The predicted molar refractivity (Wildman–Crippen MR) is 58.7 cm³/mol. The molecule has 1 aromatic heterocycles. The van der Waals surface area contributed by atoms with Gasteiger partial charge in [-0.25, -0.2) is 0 Å². The maximum Gasteiger partial charge on any atom is 0.0703 e. The summed E-state index contributed by atoms with van der Waals surface area (Å²) in [6.07, 6.45) is 1.15. The molecule has 3 heterocycles. The third-order valence-electron chi connectivity index (χ3n) is 3.13. The Morgan fingerprint density at radius 3 is 3.07 bits per heavy atom. The van der Waals surface area contributed by atoms with Crippen LogP contribution in [0.4, 0.5) is 0 Å². The quantitative estimate of drug-likeness (QED) is 0.752. The Morgan fingerprint density at radius 1 is 1.50 bits per heavy atom. The zero-order chi connectivity index (χ0) is 9.54. The summed E-state index contributed by atoms with van der Waals surface area (Å²) in [6.45, 7) is 4.27. The molecule has 3 rings (SSSR count). The second kappa shape index (κ2) is 3.28. The van der Waals surface area contributed by atoms with Crippen LogP contribution < -0.4 is 5.32 Å². The van der Waals surface area contributed by atoms with E-state index in [1.165, 1.54) is 28.5 Å². The number of aryl methyl sites for hydroxylation is 1. The van der Waals surface area contributed by atoms with Gasteiger partial charge in [0, 0.05) is 18.1 Å². The second-order valence-corrected chi connectivity index (χ2v) is 5.15. The van der Waals surface area contributed by atoms with E-state index in [0.29, 0.717) is 6.04 Å². The van der Waals surface area contributed by atoms with Crippen LogP contribution in [0, 0.1) is 6.92 Å². The van der Waals surface area contributed by atoms with E-state index in [9.17, 15) is 0 Å². The van der Waals surface area contributed by atoms with Crippen LogP contribution in [0.2, 0.25) is 0 Å². The van der Waals surface area contributed by atoms with Gasteiger partial charge in [0.15, 0.2) is 0 Å². The van der Waals surface area contributed by atoms with Crippen LogP contribution in [0.15, 0.2) is 0 Å². The van der Waals surface area contributed by atoms with Gasteiger partial charge in [-0.1, -0.05) is 0 Å². The third-order valence-corrected chi connectivity index (χ3v) is 4.37. The molecule has 2 aliphatic heterocycles. The first-order chi connectivity index (χ1) is 6.86. The summed E-state index contributed by atoms with van der Waals surface area (Å²) >= 11 is 2.02. The molecule has 1 fully saturated rings. The van der Waals surface area contributed by atoms with E-state index in [2.05, 4.69) is 22.0 Å². The van der Waals surface area contributed by atoms with E-state index < -0.39 is 0 Å². The first-order valence-electron chi connectivity index (χ1n) is 5.21. The van der Waals surface area contributed by atoms with E-state index in [0.717, 1.165) is 19.5 Å². The minimum absolute atomic E-state index is 0.669. The number of fused-ring (bicyclic) bond motifs is 1. The van der Waals surface area contributed by atoms with Crippen molar-refractivity contribution in [1.29, 1.82) is 0 Å². The predicted octanol–water partition coefficient (Wildman–Crippen LogP) is 1.13. The number of nitrogens with one attached hydrogen (secondary N) is 1.